The van der Waals surface area contributed by atoms with E-state index in [2.05, 4.69) is 0 Å². The topological polar surface area (TPSA) is 75.0 Å². The maximum Gasteiger partial charge on any atom is 0.166 e. The fourth-order valence-corrected chi connectivity index (χ4v) is 5.87. The van der Waals surface area contributed by atoms with Crippen molar-refractivity contribution >= 4 is 15.6 Å². The van der Waals surface area contributed by atoms with Gasteiger partial charge in [0.1, 0.15) is 0 Å². The van der Waals surface area contributed by atoms with Gasteiger partial charge in [-0.3, -0.25) is 4.79 Å². The van der Waals surface area contributed by atoms with Crippen molar-refractivity contribution in [3.05, 3.63) is 35.4 Å². The Morgan fingerprint density at radius 3 is 2.45 bits per heavy atom. The number of fused-ring (bicyclic) bond motifs is 2. The first-order chi connectivity index (χ1) is 9.52. The van der Waals surface area contributed by atoms with E-state index in [0.29, 0.717) is 36.8 Å². The minimum Gasteiger partial charge on any atom is -0.294 e. The van der Waals surface area contributed by atoms with Gasteiger partial charge in [0.25, 0.3) is 0 Å². The zero-order chi connectivity index (χ0) is 14.3. The van der Waals surface area contributed by atoms with Gasteiger partial charge in [-0.1, -0.05) is 12.1 Å². The molecule has 1 aromatic rings. The minimum atomic E-state index is -3.00. The Hall–Kier alpha value is -1.67. The molecule has 2 heterocycles. The third-order valence-electron chi connectivity index (χ3n) is 4.48. The van der Waals surface area contributed by atoms with E-state index < -0.39 is 9.84 Å². The summed E-state index contributed by atoms with van der Waals surface area (Å²) in [5.74, 6) is -0.237. The molecule has 2 saturated heterocycles. The molecule has 0 aliphatic carbocycles. The van der Waals surface area contributed by atoms with E-state index in [0.717, 1.165) is 0 Å². The van der Waals surface area contributed by atoms with Crippen molar-refractivity contribution in [2.75, 3.05) is 0 Å². The highest BCUT2D eigenvalue weighted by atomic mass is 32.2. The number of ketones is 1. The average molecular weight is 289 g/mol. The maximum absolute atomic E-state index is 12.5. The molecule has 2 aliphatic rings. The van der Waals surface area contributed by atoms with E-state index in [1.807, 2.05) is 6.07 Å². The van der Waals surface area contributed by atoms with Crippen molar-refractivity contribution in [3.63, 3.8) is 0 Å². The van der Waals surface area contributed by atoms with Crippen molar-refractivity contribution in [1.82, 2.24) is 0 Å². The van der Waals surface area contributed by atoms with Crippen LogP contribution in [0.4, 0.5) is 0 Å². The smallest absolute Gasteiger partial charge is 0.166 e. The lowest BCUT2D eigenvalue weighted by molar-refractivity contribution is 0.0905. The summed E-state index contributed by atoms with van der Waals surface area (Å²) in [5.41, 5.74) is 0.981. The van der Waals surface area contributed by atoms with Crippen LogP contribution in [0.2, 0.25) is 0 Å². The molecule has 3 rings (SSSR count). The fourth-order valence-electron chi connectivity index (χ4n) is 3.40. The van der Waals surface area contributed by atoms with E-state index in [-0.39, 0.29) is 22.2 Å². The summed E-state index contributed by atoms with van der Waals surface area (Å²) < 4.78 is 24.1. The average Bonchev–Trinajstić information content (AvgIpc) is 2.66. The van der Waals surface area contributed by atoms with Crippen LogP contribution in [-0.2, 0) is 9.84 Å². The predicted octanol–water partition coefficient (Wildman–Crippen LogP) is 2.10. The molecule has 0 spiro atoms. The van der Waals surface area contributed by atoms with Crippen molar-refractivity contribution in [3.8, 4) is 6.07 Å². The molecule has 0 saturated carbocycles. The van der Waals surface area contributed by atoms with Crippen LogP contribution >= 0.6 is 0 Å². The number of hydrogen-bond acceptors (Lipinski definition) is 4. The molecule has 2 fully saturated rings. The van der Waals surface area contributed by atoms with Crippen LogP contribution in [0.15, 0.2) is 24.3 Å². The largest absolute Gasteiger partial charge is 0.294 e. The van der Waals surface area contributed by atoms with Gasteiger partial charge in [-0.2, -0.15) is 5.26 Å². The highest BCUT2D eigenvalue weighted by Gasteiger charge is 2.48. The number of nitriles is 1. The van der Waals surface area contributed by atoms with Gasteiger partial charge in [0.05, 0.1) is 22.1 Å². The van der Waals surface area contributed by atoms with Crippen LogP contribution in [0.5, 0.6) is 0 Å². The standard InChI is InChI=1S/C15H15NO3S/c16-9-10-2-1-3-11(6-10)15(17)12-7-13-4-5-14(8-12)20(13,18)19/h1-3,6,12-14H,4-5,7-8H2. The third-order valence-corrected chi connectivity index (χ3v) is 7.20. The molecule has 0 radical (unpaired) electrons. The number of Topliss-reactive ketones (excluding diaryl/α,β-unsaturated/α-hetero) is 1. The SMILES string of the molecule is N#Cc1cccc(C(=O)C2CC3CCC(C2)S3(=O)=O)c1. The molecule has 4 nitrogen and oxygen atoms in total. The van der Waals surface area contributed by atoms with E-state index in [9.17, 15) is 13.2 Å². The molecular formula is C15H15NO3S. The number of carbonyl (C=O) groups excluding carboxylic acids is 1. The van der Waals surface area contributed by atoms with Crippen molar-refractivity contribution in [2.24, 2.45) is 5.92 Å². The van der Waals surface area contributed by atoms with Crippen molar-refractivity contribution in [1.29, 1.82) is 5.26 Å². The minimum absolute atomic E-state index is 0.0195. The Bertz CT molecular complexity index is 682. The Morgan fingerprint density at radius 2 is 1.85 bits per heavy atom. The highest BCUT2D eigenvalue weighted by Crippen LogP contribution is 2.42. The zero-order valence-electron chi connectivity index (χ0n) is 11.0. The summed E-state index contributed by atoms with van der Waals surface area (Å²) in [6.07, 6.45) is 2.26. The lowest BCUT2D eigenvalue weighted by Crippen LogP contribution is -2.36. The maximum atomic E-state index is 12.5. The number of rotatable bonds is 2. The molecule has 0 N–H and O–H groups in total. The number of hydrogen-bond donors (Lipinski definition) is 0. The van der Waals surface area contributed by atoms with Gasteiger partial charge in [0.15, 0.2) is 15.6 Å². The fraction of sp³-hybridized carbons (Fsp3) is 0.467. The molecule has 20 heavy (non-hydrogen) atoms. The second kappa shape index (κ2) is 4.71. The van der Waals surface area contributed by atoms with Crippen molar-refractivity contribution in [2.45, 2.75) is 36.2 Å². The van der Waals surface area contributed by atoms with Gasteiger partial charge in [-0.15, -0.1) is 0 Å². The van der Waals surface area contributed by atoms with Crippen LogP contribution in [-0.4, -0.2) is 24.7 Å². The highest BCUT2D eigenvalue weighted by molar-refractivity contribution is 7.93. The van der Waals surface area contributed by atoms with Gasteiger partial charge in [-0.25, -0.2) is 8.42 Å². The Balaban J connectivity index is 1.85. The summed E-state index contributed by atoms with van der Waals surface area (Å²) in [4.78, 5) is 12.5. The molecule has 2 unspecified atom stereocenters. The van der Waals surface area contributed by atoms with Crippen LogP contribution in [0.3, 0.4) is 0 Å². The summed E-state index contributed by atoms with van der Waals surface area (Å²) in [7, 11) is -3.00. The first kappa shape index (κ1) is 13.3. The Morgan fingerprint density at radius 1 is 1.20 bits per heavy atom. The van der Waals surface area contributed by atoms with E-state index in [1.54, 1.807) is 24.3 Å². The quantitative estimate of drug-likeness (QED) is 0.781. The summed E-state index contributed by atoms with van der Waals surface area (Å²) >= 11 is 0. The Labute approximate surface area is 118 Å². The van der Waals surface area contributed by atoms with E-state index >= 15 is 0 Å². The van der Waals surface area contributed by atoms with Crippen molar-refractivity contribution < 1.29 is 13.2 Å². The van der Waals surface area contributed by atoms with Crippen LogP contribution in [0.1, 0.15) is 41.6 Å². The van der Waals surface area contributed by atoms with Gasteiger partial charge >= 0.3 is 0 Å². The second-order valence-corrected chi connectivity index (χ2v) is 8.15. The van der Waals surface area contributed by atoms with Crippen LogP contribution in [0, 0.1) is 17.2 Å². The molecule has 1 aromatic carbocycles. The third kappa shape index (κ3) is 2.04. The molecule has 2 atom stereocenters. The molecule has 104 valence electrons. The summed E-state index contributed by atoms with van der Waals surface area (Å²) in [6, 6.07) is 8.67. The second-order valence-electron chi connectivity index (χ2n) is 5.64. The molecule has 2 aliphatic heterocycles. The van der Waals surface area contributed by atoms with E-state index in [1.165, 1.54) is 0 Å². The van der Waals surface area contributed by atoms with Gasteiger partial charge in [-0.05, 0) is 37.8 Å². The monoisotopic (exact) mass is 289 g/mol. The molecule has 2 bridgehead atoms. The normalized spacial score (nSPS) is 30.6. The van der Waals surface area contributed by atoms with Crippen LogP contribution in [0.25, 0.3) is 0 Å². The summed E-state index contributed by atoms with van der Waals surface area (Å²) in [5, 5.41) is 8.20. The lowest BCUT2D eigenvalue weighted by atomic mass is 9.90. The predicted molar refractivity (Wildman–Crippen MR) is 73.9 cm³/mol. The number of carbonyl (C=O) groups is 1. The van der Waals surface area contributed by atoms with Crippen LogP contribution < -0.4 is 0 Å². The van der Waals surface area contributed by atoms with E-state index in [4.69, 9.17) is 5.26 Å². The number of sulfone groups is 1. The molecular weight excluding hydrogens is 274 g/mol. The van der Waals surface area contributed by atoms with Gasteiger partial charge < -0.3 is 0 Å². The molecule has 0 aromatic heterocycles. The number of nitrogens with zero attached hydrogens (tertiary/aromatic N) is 1. The lowest BCUT2D eigenvalue weighted by Gasteiger charge is -2.26. The first-order valence-corrected chi connectivity index (χ1v) is 8.40. The summed E-state index contributed by atoms with van der Waals surface area (Å²) in [6.45, 7) is 0. The zero-order valence-corrected chi connectivity index (χ0v) is 11.8. The molecule has 5 heteroatoms. The van der Waals surface area contributed by atoms with Gasteiger partial charge in [0, 0.05) is 11.5 Å². The number of benzene rings is 1. The van der Waals surface area contributed by atoms with Gasteiger partial charge in [0.2, 0.25) is 0 Å². The Kier molecular flexibility index (Phi) is 3.14. The molecule has 0 amide bonds. The first-order valence-electron chi connectivity index (χ1n) is 6.79.